The summed E-state index contributed by atoms with van der Waals surface area (Å²) in [7, 11) is 1.35. The number of amides is 1. The monoisotopic (exact) mass is 528 g/mol. The Morgan fingerprint density at radius 1 is 1.16 bits per heavy atom. The highest BCUT2D eigenvalue weighted by atomic mass is 19.4. The Labute approximate surface area is 214 Å². The first-order chi connectivity index (χ1) is 18.2. The average Bonchev–Trinajstić information content (AvgIpc) is 3.31. The Hall–Kier alpha value is -4.22. The van der Waals surface area contributed by atoms with Crippen LogP contribution < -0.4 is 15.8 Å². The highest BCUT2D eigenvalue weighted by Gasteiger charge is 2.37. The summed E-state index contributed by atoms with van der Waals surface area (Å²) in [6, 6.07) is 8.53. The summed E-state index contributed by atoms with van der Waals surface area (Å²) in [6.07, 6.45) is 0.878. The summed E-state index contributed by atoms with van der Waals surface area (Å²) in [5, 5.41) is 6.96. The van der Waals surface area contributed by atoms with Crippen LogP contribution >= 0.6 is 0 Å². The molecule has 1 amide bonds. The number of pyridine rings is 1. The number of fused-ring (bicyclic) bond motifs is 1. The van der Waals surface area contributed by atoms with E-state index in [4.69, 9.17) is 10.5 Å². The maximum Gasteiger partial charge on any atom is 0.418 e. The van der Waals surface area contributed by atoms with Crippen LogP contribution in [0.2, 0.25) is 0 Å². The van der Waals surface area contributed by atoms with E-state index in [0.717, 1.165) is 41.7 Å². The van der Waals surface area contributed by atoms with Crippen LogP contribution in [-0.4, -0.2) is 38.6 Å². The van der Waals surface area contributed by atoms with E-state index in [1.807, 2.05) is 0 Å². The van der Waals surface area contributed by atoms with Gasteiger partial charge in [-0.2, -0.15) is 18.3 Å². The van der Waals surface area contributed by atoms with Gasteiger partial charge in [-0.15, -0.1) is 0 Å². The average molecular weight is 529 g/mol. The number of nitrogens with one attached hydrogen (secondary N) is 1. The summed E-state index contributed by atoms with van der Waals surface area (Å²) in [5.41, 5.74) is 5.69. The number of rotatable bonds is 5. The number of nitrogen functional groups attached to an aromatic ring is 1. The second-order valence-electron chi connectivity index (χ2n) is 9.21. The minimum atomic E-state index is -4.70. The molecule has 0 unspecified atom stereocenters. The standard InChI is InChI=1S/C26H24F4N6O2/c1-38-25-19(24(37)35-18-4-2-3-15(9-18)14-5-7-17(27)8-6-14)10-16(12-32-25)21-11-20(26(28,29)30)22-23(31)33-13-34-36(21)22/h5-8,10-13,15,18H,2-4,9H2,1H3,(H,35,37)(H2,31,33,34)/t15-,18+/m1/s1. The van der Waals surface area contributed by atoms with Gasteiger partial charge in [0.1, 0.15) is 23.2 Å². The third-order valence-corrected chi connectivity index (χ3v) is 6.82. The molecule has 1 saturated carbocycles. The van der Waals surface area contributed by atoms with Crippen molar-refractivity contribution in [3.63, 3.8) is 0 Å². The molecular weight excluding hydrogens is 504 g/mol. The van der Waals surface area contributed by atoms with Gasteiger partial charge in [-0.25, -0.2) is 18.9 Å². The first-order valence-corrected chi connectivity index (χ1v) is 12.0. The number of methoxy groups -OCH3 is 1. The number of carbonyl (C=O) groups excluding carboxylic acids is 1. The van der Waals surface area contributed by atoms with E-state index in [0.29, 0.717) is 6.42 Å². The number of benzene rings is 1. The Morgan fingerprint density at radius 3 is 2.63 bits per heavy atom. The molecule has 1 aliphatic rings. The molecular formula is C26H24F4N6O2. The van der Waals surface area contributed by atoms with Gasteiger partial charge in [-0.3, -0.25) is 4.79 Å². The van der Waals surface area contributed by atoms with E-state index in [-0.39, 0.29) is 51.8 Å². The summed E-state index contributed by atoms with van der Waals surface area (Å²) >= 11 is 0. The lowest BCUT2D eigenvalue weighted by atomic mass is 9.81. The SMILES string of the molecule is COc1ncc(-c2cc(C(F)(F)F)c3c(N)ncnn23)cc1C(=O)N[C@H]1CCC[C@@H](c2ccc(F)cc2)C1. The molecule has 4 aromatic rings. The highest BCUT2D eigenvalue weighted by molar-refractivity contribution is 5.97. The number of nitrogens with zero attached hydrogens (tertiary/aromatic N) is 4. The second kappa shape index (κ2) is 9.92. The van der Waals surface area contributed by atoms with Crippen molar-refractivity contribution in [1.29, 1.82) is 0 Å². The molecule has 3 heterocycles. The third-order valence-electron chi connectivity index (χ3n) is 6.82. The zero-order valence-electron chi connectivity index (χ0n) is 20.3. The molecule has 1 fully saturated rings. The molecule has 3 aromatic heterocycles. The lowest BCUT2D eigenvalue weighted by Gasteiger charge is -2.30. The van der Waals surface area contributed by atoms with Crippen LogP contribution in [0.1, 0.15) is 53.1 Å². The number of alkyl halides is 3. The van der Waals surface area contributed by atoms with Crippen molar-refractivity contribution in [2.75, 3.05) is 12.8 Å². The Kier molecular flexibility index (Phi) is 6.64. The van der Waals surface area contributed by atoms with E-state index < -0.39 is 17.6 Å². The Balaban J connectivity index is 1.45. The van der Waals surface area contributed by atoms with Crippen molar-refractivity contribution in [2.24, 2.45) is 0 Å². The van der Waals surface area contributed by atoms with Crippen molar-refractivity contribution >= 4 is 17.2 Å². The number of halogens is 4. The molecule has 5 rings (SSSR count). The number of carbonyl (C=O) groups is 1. The predicted molar refractivity (Wildman–Crippen MR) is 131 cm³/mol. The van der Waals surface area contributed by atoms with Crippen molar-refractivity contribution < 1.29 is 27.1 Å². The number of hydrogen-bond acceptors (Lipinski definition) is 6. The van der Waals surface area contributed by atoms with E-state index in [1.165, 1.54) is 31.5 Å². The quantitative estimate of drug-likeness (QED) is 0.353. The molecule has 3 N–H and O–H groups in total. The topological polar surface area (TPSA) is 107 Å². The summed E-state index contributed by atoms with van der Waals surface area (Å²) < 4.78 is 60.9. The molecule has 0 saturated heterocycles. The molecule has 8 nitrogen and oxygen atoms in total. The second-order valence-corrected chi connectivity index (χ2v) is 9.21. The van der Waals surface area contributed by atoms with Crippen molar-refractivity contribution in [3.8, 4) is 17.1 Å². The highest BCUT2D eigenvalue weighted by Crippen LogP contribution is 2.39. The van der Waals surface area contributed by atoms with Gasteiger partial charge < -0.3 is 15.8 Å². The fourth-order valence-electron chi connectivity index (χ4n) is 5.03. The van der Waals surface area contributed by atoms with Crippen molar-refractivity contribution in [1.82, 2.24) is 24.9 Å². The zero-order chi connectivity index (χ0) is 27.0. The van der Waals surface area contributed by atoms with Crippen LogP contribution in [0.25, 0.3) is 16.8 Å². The van der Waals surface area contributed by atoms with Crippen LogP contribution in [0.15, 0.2) is 48.9 Å². The molecule has 1 aliphatic carbocycles. The third kappa shape index (κ3) is 4.85. The number of hydrogen-bond donors (Lipinski definition) is 2. The van der Waals surface area contributed by atoms with Gasteiger partial charge in [-0.05, 0) is 55.0 Å². The lowest BCUT2D eigenvalue weighted by Crippen LogP contribution is -2.38. The van der Waals surface area contributed by atoms with Gasteiger partial charge in [0.05, 0.1) is 18.4 Å². The normalized spacial score (nSPS) is 17.9. The fraction of sp³-hybridized carbons (Fsp3) is 0.308. The van der Waals surface area contributed by atoms with Gasteiger partial charge in [0.25, 0.3) is 5.91 Å². The van der Waals surface area contributed by atoms with Gasteiger partial charge in [0.2, 0.25) is 5.88 Å². The van der Waals surface area contributed by atoms with Gasteiger partial charge in [0, 0.05) is 17.8 Å². The smallest absolute Gasteiger partial charge is 0.418 e. The molecule has 0 aliphatic heterocycles. The largest absolute Gasteiger partial charge is 0.480 e. The molecule has 12 heteroatoms. The van der Waals surface area contributed by atoms with Crippen LogP contribution in [0.3, 0.4) is 0 Å². The Morgan fingerprint density at radius 2 is 1.92 bits per heavy atom. The lowest BCUT2D eigenvalue weighted by molar-refractivity contribution is -0.136. The van der Waals surface area contributed by atoms with Gasteiger partial charge >= 0.3 is 6.18 Å². The Bertz CT molecular complexity index is 1490. The van der Waals surface area contributed by atoms with Crippen molar-refractivity contribution in [3.05, 3.63) is 71.4 Å². The summed E-state index contributed by atoms with van der Waals surface area (Å²) in [6.45, 7) is 0. The summed E-state index contributed by atoms with van der Waals surface area (Å²) in [5.74, 6) is -0.901. The van der Waals surface area contributed by atoms with E-state index in [2.05, 4.69) is 20.4 Å². The fourth-order valence-corrected chi connectivity index (χ4v) is 5.03. The zero-order valence-corrected chi connectivity index (χ0v) is 20.3. The number of aromatic nitrogens is 4. The van der Waals surface area contributed by atoms with E-state index in [1.54, 1.807) is 12.1 Å². The van der Waals surface area contributed by atoms with Gasteiger partial charge in [-0.1, -0.05) is 18.6 Å². The number of ether oxygens (including phenoxy) is 1. The molecule has 0 spiro atoms. The van der Waals surface area contributed by atoms with Crippen LogP contribution in [0.4, 0.5) is 23.4 Å². The maximum absolute atomic E-state index is 13.7. The molecule has 2 atom stereocenters. The van der Waals surface area contributed by atoms with Gasteiger partial charge in [0.15, 0.2) is 5.82 Å². The summed E-state index contributed by atoms with van der Waals surface area (Å²) in [4.78, 5) is 21.2. The van der Waals surface area contributed by atoms with Crippen LogP contribution in [0, 0.1) is 5.82 Å². The predicted octanol–water partition coefficient (Wildman–Crippen LogP) is 5.00. The molecule has 0 radical (unpaired) electrons. The van der Waals surface area contributed by atoms with Crippen LogP contribution in [-0.2, 0) is 6.18 Å². The molecule has 198 valence electrons. The molecule has 38 heavy (non-hydrogen) atoms. The minimum absolute atomic E-state index is 0.0307. The molecule has 1 aromatic carbocycles. The number of nitrogens with two attached hydrogens (primary N) is 1. The first-order valence-electron chi connectivity index (χ1n) is 12.0. The van der Waals surface area contributed by atoms with E-state index >= 15 is 0 Å². The van der Waals surface area contributed by atoms with E-state index in [9.17, 15) is 22.4 Å². The number of anilines is 1. The van der Waals surface area contributed by atoms with Crippen LogP contribution in [0.5, 0.6) is 5.88 Å². The molecule has 0 bridgehead atoms. The minimum Gasteiger partial charge on any atom is -0.480 e. The maximum atomic E-state index is 13.7. The van der Waals surface area contributed by atoms with Crippen molar-refractivity contribution in [2.45, 2.75) is 43.8 Å². The first kappa shape index (κ1) is 25.4.